The minimum absolute atomic E-state index is 0.0278. The summed E-state index contributed by atoms with van der Waals surface area (Å²) in [6.07, 6.45) is 0.583. The summed E-state index contributed by atoms with van der Waals surface area (Å²) in [7, 11) is 1.59. The number of anilines is 1. The maximum Gasteiger partial charge on any atom is 0.242 e. The molecule has 0 unspecified atom stereocenters. The van der Waals surface area contributed by atoms with Crippen molar-refractivity contribution in [3.8, 4) is 5.75 Å². The first-order valence-electron chi connectivity index (χ1n) is 10.9. The van der Waals surface area contributed by atoms with Crippen molar-refractivity contribution in [1.29, 1.82) is 0 Å². The molecule has 1 heterocycles. The van der Waals surface area contributed by atoms with Crippen molar-refractivity contribution in [1.82, 2.24) is 4.90 Å². The molecule has 0 radical (unpaired) electrons. The largest absolute Gasteiger partial charge is 0.497 e. The fourth-order valence-corrected chi connectivity index (χ4v) is 4.81. The highest BCUT2D eigenvalue weighted by Gasteiger charge is 2.39. The second-order valence-electron chi connectivity index (χ2n) is 7.82. The standard InChI is InChI=1S/C26H23ClFN3O3S/c1-34-22-12-10-21(11-13-22)30-26-31(15-14-17-2-4-18(27)5-3-17)25(33)23(35-26)16-24(32)29-20-8-6-19(28)7-9-20/h2-13,23H,14-16H2,1H3,(H,29,32)/t23-/m0/s1. The number of amides is 2. The van der Waals surface area contributed by atoms with Gasteiger partial charge in [-0.15, -0.1) is 0 Å². The van der Waals surface area contributed by atoms with E-state index >= 15 is 0 Å². The van der Waals surface area contributed by atoms with Gasteiger partial charge in [0.15, 0.2) is 5.17 Å². The third-order valence-corrected chi connectivity index (χ3v) is 6.78. The quantitative estimate of drug-likeness (QED) is 0.421. The first-order chi connectivity index (χ1) is 16.9. The summed E-state index contributed by atoms with van der Waals surface area (Å²) < 4.78 is 18.3. The summed E-state index contributed by atoms with van der Waals surface area (Å²) >= 11 is 7.24. The van der Waals surface area contributed by atoms with Crippen molar-refractivity contribution in [3.63, 3.8) is 0 Å². The van der Waals surface area contributed by atoms with Crippen LogP contribution in [0.4, 0.5) is 15.8 Å². The minimum Gasteiger partial charge on any atom is -0.497 e. The third kappa shape index (κ3) is 6.61. The van der Waals surface area contributed by atoms with Crippen LogP contribution in [0.2, 0.25) is 5.02 Å². The number of benzene rings is 3. The third-order valence-electron chi connectivity index (χ3n) is 5.35. The van der Waals surface area contributed by atoms with Gasteiger partial charge in [-0.2, -0.15) is 0 Å². The van der Waals surface area contributed by atoms with E-state index in [1.165, 1.54) is 36.0 Å². The summed E-state index contributed by atoms with van der Waals surface area (Å²) in [6.45, 7) is 0.415. The van der Waals surface area contributed by atoms with E-state index < -0.39 is 5.25 Å². The molecule has 2 amide bonds. The second-order valence-corrected chi connectivity index (χ2v) is 9.43. The fourth-order valence-electron chi connectivity index (χ4n) is 3.50. The number of carbonyl (C=O) groups is 2. The summed E-state index contributed by atoms with van der Waals surface area (Å²) in [5.41, 5.74) is 2.18. The van der Waals surface area contributed by atoms with Gasteiger partial charge in [0.1, 0.15) is 16.8 Å². The average Bonchev–Trinajstić information content (AvgIpc) is 3.14. The molecule has 35 heavy (non-hydrogen) atoms. The van der Waals surface area contributed by atoms with Crippen LogP contribution in [0.15, 0.2) is 77.8 Å². The van der Waals surface area contributed by atoms with Crippen LogP contribution >= 0.6 is 23.4 Å². The van der Waals surface area contributed by atoms with Gasteiger partial charge in [0, 0.05) is 23.7 Å². The van der Waals surface area contributed by atoms with E-state index in [1.807, 2.05) is 36.4 Å². The minimum atomic E-state index is -0.613. The van der Waals surface area contributed by atoms with Gasteiger partial charge < -0.3 is 10.1 Å². The summed E-state index contributed by atoms with van der Waals surface area (Å²) in [5.74, 6) is -0.185. The lowest BCUT2D eigenvalue weighted by molar-refractivity contribution is -0.128. The van der Waals surface area contributed by atoms with E-state index in [-0.39, 0.29) is 24.1 Å². The highest BCUT2D eigenvalue weighted by Crippen LogP contribution is 2.32. The van der Waals surface area contributed by atoms with Crippen molar-refractivity contribution in [2.45, 2.75) is 18.1 Å². The van der Waals surface area contributed by atoms with Crippen molar-refractivity contribution in [3.05, 3.63) is 89.2 Å². The Labute approximate surface area is 212 Å². The van der Waals surface area contributed by atoms with Crippen LogP contribution < -0.4 is 10.1 Å². The molecular weight excluding hydrogens is 489 g/mol. The highest BCUT2D eigenvalue weighted by atomic mass is 35.5. The zero-order chi connectivity index (χ0) is 24.8. The van der Waals surface area contributed by atoms with Crippen LogP contribution in [0.5, 0.6) is 5.75 Å². The Morgan fingerprint density at radius 3 is 2.43 bits per heavy atom. The number of nitrogens with one attached hydrogen (secondary N) is 1. The van der Waals surface area contributed by atoms with Gasteiger partial charge in [-0.25, -0.2) is 9.38 Å². The van der Waals surface area contributed by atoms with Crippen LogP contribution in [-0.2, 0) is 16.0 Å². The van der Waals surface area contributed by atoms with Gasteiger partial charge in [-0.05, 0) is 72.6 Å². The lowest BCUT2D eigenvalue weighted by atomic mass is 10.1. The fraction of sp³-hybridized carbons (Fsp3) is 0.192. The molecule has 0 aromatic heterocycles. The lowest BCUT2D eigenvalue weighted by Crippen LogP contribution is -2.35. The Morgan fingerprint density at radius 1 is 1.09 bits per heavy atom. The Morgan fingerprint density at radius 2 is 1.77 bits per heavy atom. The molecule has 1 aliphatic heterocycles. The van der Waals surface area contributed by atoms with Gasteiger partial charge in [-0.1, -0.05) is 35.5 Å². The van der Waals surface area contributed by atoms with Gasteiger partial charge in [-0.3, -0.25) is 14.5 Å². The highest BCUT2D eigenvalue weighted by molar-refractivity contribution is 8.15. The van der Waals surface area contributed by atoms with Crippen molar-refractivity contribution < 1.29 is 18.7 Å². The Bertz CT molecular complexity index is 1220. The van der Waals surface area contributed by atoms with Crippen LogP contribution in [0.25, 0.3) is 0 Å². The normalized spacial score (nSPS) is 16.5. The molecule has 0 bridgehead atoms. The van der Waals surface area contributed by atoms with E-state index in [0.717, 1.165) is 5.56 Å². The molecule has 1 saturated heterocycles. The van der Waals surface area contributed by atoms with Crippen LogP contribution in [0.1, 0.15) is 12.0 Å². The molecule has 1 aliphatic rings. The summed E-state index contributed by atoms with van der Waals surface area (Å²) in [5, 5.41) is 3.29. The summed E-state index contributed by atoms with van der Waals surface area (Å²) in [4.78, 5) is 32.2. The molecule has 6 nitrogen and oxygen atoms in total. The van der Waals surface area contributed by atoms with Crippen molar-refractivity contribution >= 4 is 51.7 Å². The van der Waals surface area contributed by atoms with E-state index in [2.05, 4.69) is 10.3 Å². The predicted molar refractivity (Wildman–Crippen MR) is 138 cm³/mol. The molecule has 0 aliphatic carbocycles. The van der Waals surface area contributed by atoms with E-state index in [1.54, 1.807) is 24.1 Å². The molecule has 0 spiro atoms. The SMILES string of the molecule is COc1ccc(N=C2S[C@@H](CC(=O)Nc3ccc(F)cc3)C(=O)N2CCc2ccc(Cl)cc2)cc1. The predicted octanol–water partition coefficient (Wildman–Crippen LogP) is 5.69. The molecule has 1 fully saturated rings. The number of halogens is 2. The second kappa shape index (κ2) is 11.4. The molecule has 180 valence electrons. The van der Waals surface area contributed by atoms with Gasteiger partial charge in [0.2, 0.25) is 11.8 Å². The average molecular weight is 512 g/mol. The number of amidine groups is 1. The maximum atomic E-state index is 13.3. The molecule has 4 rings (SSSR count). The Hall–Kier alpha value is -3.36. The number of hydrogen-bond donors (Lipinski definition) is 1. The zero-order valence-electron chi connectivity index (χ0n) is 18.9. The molecule has 3 aromatic rings. The number of hydrogen-bond acceptors (Lipinski definition) is 5. The number of nitrogens with zero attached hydrogens (tertiary/aromatic N) is 2. The first kappa shape index (κ1) is 24.8. The summed E-state index contributed by atoms with van der Waals surface area (Å²) in [6, 6.07) is 20.2. The van der Waals surface area contributed by atoms with Crippen LogP contribution in [0, 0.1) is 5.82 Å². The molecule has 1 N–H and O–H groups in total. The van der Waals surface area contributed by atoms with Crippen molar-refractivity contribution in [2.24, 2.45) is 4.99 Å². The lowest BCUT2D eigenvalue weighted by Gasteiger charge is -2.16. The number of aliphatic imine (C=N–C) groups is 1. The van der Waals surface area contributed by atoms with Gasteiger partial charge >= 0.3 is 0 Å². The van der Waals surface area contributed by atoms with E-state index in [4.69, 9.17) is 16.3 Å². The van der Waals surface area contributed by atoms with Crippen molar-refractivity contribution in [2.75, 3.05) is 19.0 Å². The smallest absolute Gasteiger partial charge is 0.242 e. The number of methoxy groups -OCH3 is 1. The number of thioether (sulfide) groups is 1. The molecule has 1 atom stereocenters. The zero-order valence-corrected chi connectivity index (χ0v) is 20.5. The first-order valence-corrected chi connectivity index (χ1v) is 12.2. The van der Waals surface area contributed by atoms with Gasteiger partial charge in [0.25, 0.3) is 0 Å². The topological polar surface area (TPSA) is 71.0 Å². The van der Waals surface area contributed by atoms with E-state index in [0.29, 0.717) is 40.3 Å². The Kier molecular flexibility index (Phi) is 8.05. The number of carbonyl (C=O) groups excluding carboxylic acids is 2. The molecule has 3 aromatic carbocycles. The number of rotatable bonds is 8. The van der Waals surface area contributed by atoms with Crippen LogP contribution in [0.3, 0.4) is 0 Å². The monoisotopic (exact) mass is 511 g/mol. The molecule has 9 heteroatoms. The van der Waals surface area contributed by atoms with E-state index in [9.17, 15) is 14.0 Å². The Balaban J connectivity index is 1.50. The number of ether oxygens (including phenoxy) is 1. The molecule has 0 saturated carbocycles. The maximum absolute atomic E-state index is 13.3. The molecular formula is C26H23ClFN3O3S. The van der Waals surface area contributed by atoms with Crippen LogP contribution in [-0.4, -0.2) is 40.8 Å². The van der Waals surface area contributed by atoms with Gasteiger partial charge in [0.05, 0.1) is 12.8 Å².